The molecule has 0 aromatic rings. The van der Waals surface area contributed by atoms with Crippen molar-refractivity contribution in [1.82, 2.24) is 0 Å². The van der Waals surface area contributed by atoms with E-state index in [0.29, 0.717) is 12.8 Å². The highest BCUT2D eigenvalue weighted by Crippen LogP contribution is 2.09. The standard InChI is InChI=1S/C6H8O2.C3H4O4/c7-5-3-1-2-4-6(5)8;4-2(5)1-3(6)7/h1-4H2;1H2,(H,4,5)(H,6,7). The molecule has 0 spiro atoms. The van der Waals surface area contributed by atoms with Crippen molar-refractivity contribution in [2.75, 3.05) is 0 Å². The van der Waals surface area contributed by atoms with Gasteiger partial charge in [-0.1, -0.05) is 0 Å². The van der Waals surface area contributed by atoms with Gasteiger partial charge in [-0.05, 0) is 12.8 Å². The van der Waals surface area contributed by atoms with Gasteiger partial charge in [0, 0.05) is 12.8 Å². The molecule has 0 aromatic heterocycles. The lowest BCUT2D eigenvalue weighted by atomic mass is 9.98. The predicted molar refractivity (Wildman–Crippen MR) is 48.4 cm³/mol. The van der Waals surface area contributed by atoms with Gasteiger partial charge < -0.3 is 10.2 Å². The number of carboxylic acids is 2. The van der Waals surface area contributed by atoms with E-state index in [4.69, 9.17) is 10.2 Å². The van der Waals surface area contributed by atoms with Crippen LogP contribution in [0.15, 0.2) is 0 Å². The lowest BCUT2D eigenvalue weighted by Crippen LogP contribution is -2.17. The first-order chi connectivity index (χ1) is 6.93. The molecular formula is C9H12O6. The van der Waals surface area contributed by atoms with Crippen molar-refractivity contribution >= 4 is 23.5 Å². The fraction of sp³-hybridized carbons (Fsp3) is 0.556. The van der Waals surface area contributed by atoms with Gasteiger partial charge in [-0.15, -0.1) is 0 Å². The molecule has 1 rings (SSSR count). The summed E-state index contributed by atoms with van der Waals surface area (Å²) in [6.45, 7) is 0. The normalized spacial score (nSPS) is 15.2. The number of carbonyl (C=O) groups is 4. The highest BCUT2D eigenvalue weighted by Gasteiger charge is 2.16. The number of aliphatic carboxylic acids is 2. The molecule has 0 aliphatic heterocycles. The van der Waals surface area contributed by atoms with Crippen LogP contribution in [0.25, 0.3) is 0 Å². The summed E-state index contributed by atoms with van der Waals surface area (Å²) in [4.78, 5) is 39.7. The zero-order valence-corrected chi connectivity index (χ0v) is 8.06. The molecule has 0 atom stereocenters. The van der Waals surface area contributed by atoms with Gasteiger partial charge in [0.25, 0.3) is 0 Å². The van der Waals surface area contributed by atoms with Crippen molar-refractivity contribution < 1.29 is 29.4 Å². The van der Waals surface area contributed by atoms with Gasteiger partial charge in [0.05, 0.1) is 0 Å². The summed E-state index contributed by atoms with van der Waals surface area (Å²) in [6.07, 6.45) is 1.98. The summed E-state index contributed by atoms with van der Waals surface area (Å²) in [7, 11) is 0. The van der Waals surface area contributed by atoms with Gasteiger partial charge in [-0.25, -0.2) is 0 Å². The van der Waals surface area contributed by atoms with Crippen molar-refractivity contribution in [3.05, 3.63) is 0 Å². The monoisotopic (exact) mass is 216 g/mol. The maximum atomic E-state index is 10.4. The number of ketones is 2. The van der Waals surface area contributed by atoms with Crippen LogP contribution in [0.2, 0.25) is 0 Å². The SMILES string of the molecule is O=C(O)CC(=O)O.O=C1CCCCC1=O. The van der Waals surface area contributed by atoms with Gasteiger partial charge in [-0.2, -0.15) is 0 Å². The van der Waals surface area contributed by atoms with Crippen molar-refractivity contribution in [3.8, 4) is 0 Å². The molecule has 6 heteroatoms. The van der Waals surface area contributed by atoms with E-state index in [-0.39, 0.29) is 11.6 Å². The molecule has 0 bridgehead atoms. The first kappa shape index (κ1) is 13.3. The molecule has 1 aliphatic carbocycles. The molecule has 0 radical (unpaired) electrons. The van der Waals surface area contributed by atoms with Gasteiger partial charge in [-0.3, -0.25) is 19.2 Å². The first-order valence-corrected chi connectivity index (χ1v) is 4.43. The Balaban J connectivity index is 0.000000265. The number of Topliss-reactive ketones (excluding diaryl/α,β-unsaturated/α-hetero) is 2. The minimum absolute atomic E-state index is 0.170. The minimum Gasteiger partial charge on any atom is -0.481 e. The summed E-state index contributed by atoms with van der Waals surface area (Å²) in [5.41, 5.74) is 0. The Hall–Kier alpha value is -1.72. The second kappa shape index (κ2) is 6.69. The van der Waals surface area contributed by atoms with Crippen molar-refractivity contribution in [1.29, 1.82) is 0 Å². The third-order valence-corrected chi connectivity index (χ3v) is 1.67. The molecule has 0 saturated heterocycles. The molecule has 1 saturated carbocycles. The second-order valence-electron chi connectivity index (χ2n) is 3.02. The van der Waals surface area contributed by atoms with Gasteiger partial charge in [0.2, 0.25) is 0 Å². The van der Waals surface area contributed by atoms with Crippen LogP contribution in [0.1, 0.15) is 32.1 Å². The average Bonchev–Trinajstić information content (AvgIpc) is 2.08. The largest absolute Gasteiger partial charge is 0.481 e. The number of carboxylic acid groups (broad SMARTS) is 2. The van der Waals surface area contributed by atoms with Crippen molar-refractivity contribution in [3.63, 3.8) is 0 Å². The maximum Gasteiger partial charge on any atom is 0.314 e. The summed E-state index contributed by atoms with van der Waals surface area (Å²) in [6, 6.07) is 0. The Kier molecular flexibility index (Phi) is 5.92. The van der Waals surface area contributed by atoms with E-state index in [0.717, 1.165) is 12.8 Å². The average molecular weight is 216 g/mol. The molecule has 0 amide bonds. The smallest absolute Gasteiger partial charge is 0.314 e. The Morgan fingerprint density at radius 3 is 1.40 bits per heavy atom. The lowest BCUT2D eigenvalue weighted by molar-refractivity contribution is -0.147. The van der Waals surface area contributed by atoms with Crippen LogP contribution in [0.5, 0.6) is 0 Å². The number of hydrogen-bond acceptors (Lipinski definition) is 4. The van der Waals surface area contributed by atoms with Crippen LogP contribution in [0, 0.1) is 0 Å². The summed E-state index contributed by atoms with van der Waals surface area (Å²) < 4.78 is 0. The Labute approximate surface area is 85.9 Å². The fourth-order valence-corrected chi connectivity index (χ4v) is 0.979. The molecule has 1 aliphatic rings. The molecule has 2 N–H and O–H groups in total. The van der Waals surface area contributed by atoms with Gasteiger partial charge >= 0.3 is 11.9 Å². The maximum absolute atomic E-state index is 10.4. The zero-order chi connectivity index (χ0) is 11.8. The van der Waals surface area contributed by atoms with E-state index in [1.54, 1.807) is 0 Å². The Morgan fingerprint density at radius 1 is 0.933 bits per heavy atom. The van der Waals surface area contributed by atoms with Crippen molar-refractivity contribution in [2.45, 2.75) is 32.1 Å². The highest BCUT2D eigenvalue weighted by molar-refractivity contribution is 6.37. The van der Waals surface area contributed by atoms with E-state index in [2.05, 4.69) is 0 Å². The molecule has 84 valence electrons. The zero-order valence-electron chi connectivity index (χ0n) is 8.06. The first-order valence-electron chi connectivity index (χ1n) is 4.43. The van der Waals surface area contributed by atoms with E-state index in [1.165, 1.54) is 0 Å². The van der Waals surface area contributed by atoms with Crippen LogP contribution in [-0.4, -0.2) is 33.7 Å². The van der Waals surface area contributed by atoms with Crippen molar-refractivity contribution in [2.24, 2.45) is 0 Å². The quantitative estimate of drug-likeness (QED) is 0.505. The van der Waals surface area contributed by atoms with E-state index >= 15 is 0 Å². The lowest BCUT2D eigenvalue weighted by Gasteiger charge is -2.04. The highest BCUT2D eigenvalue weighted by atomic mass is 16.4. The summed E-state index contributed by atoms with van der Waals surface area (Å²) >= 11 is 0. The molecule has 0 aromatic carbocycles. The van der Waals surface area contributed by atoms with E-state index in [9.17, 15) is 19.2 Å². The van der Waals surface area contributed by atoms with Crippen LogP contribution in [0.3, 0.4) is 0 Å². The minimum atomic E-state index is -1.31. The number of hydrogen-bond donors (Lipinski definition) is 2. The molecule has 15 heavy (non-hydrogen) atoms. The third-order valence-electron chi connectivity index (χ3n) is 1.67. The Bertz CT molecular complexity index is 252. The van der Waals surface area contributed by atoms with Crippen LogP contribution < -0.4 is 0 Å². The van der Waals surface area contributed by atoms with Crippen LogP contribution >= 0.6 is 0 Å². The molecule has 0 unspecified atom stereocenters. The van der Waals surface area contributed by atoms with E-state index < -0.39 is 18.4 Å². The molecular weight excluding hydrogens is 204 g/mol. The van der Waals surface area contributed by atoms with Crippen LogP contribution in [-0.2, 0) is 19.2 Å². The summed E-state index contributed by atoms with van der Waals surface area (Å²) in [5.74, 6) is -2.97. The second-order valence-corrected chi connectivity index (χ2v) is 3.02. The number of carbonyl (C=O) groups excluding carboxylic acids is 2. The third kappa shape index (κ3) is 7.36. The van der Waals surface area contributed by atoms with E-state index in [1.807, 2.05) is 0 Å². The number of rotatable bonds is 2. The van der Waals surface area contributed by atoms with Gasteiger partial charge in [0.15, 0.2) is 11.6 Å². The van der Waals surface area contributed by atoms with Crippen LogP contribution in [0.4, 0.5) is 0 Å². The Morgan fingerprint density at radius 2 is 1.27 bits per heavy atom. The summed E-state index contributed by atoms with van der Waals surface area (Å²) in [5, 5.41) is 15.4. The molecule has 6 nitrogen and oxygen atoms in total. The predicted octanol–water partition coefficient (Wildman–Crippen LogP) is 0.244. The molecule has 1 fully saturated rings. The topological polar surface area (TPSA) is 109 Å². The van der Waals surface area contributed by atoms with Gasteiger partial charge in [0.1, 0.15) is 6.42 Å². The fourth-order valence-electron chi connectivity index (χ4n) is 0.979. The molecule has 0 heterocycles.